The van der Waals surface area contributed by atoms with Crippen LogP contribution in [0.1, 0.15) is 16.7 Å². The van der Waals surface area contributed by atoms with Crippen molar-refractivity contribution in [2.75, 3.05) is 18.5 Å². The molecule has 0 spiro atoms. The number of benzene rings is 2. The highest BCUT2D eigenvalue weighted by Gasteiger charge is 2.06. The predicted octanol–water partition coefficient (Wildman–Crippen LogP) is 3.79. The van der Waals surface area contributed by atoms with Gasteiger partial charge >= 0.3 is 0 Å². The molecule has 3 heteroatoms. The minimum Gasteiger partial charge on any atom is -0.370 e. The molecule has 2 aromatic rings. The number of rotatable bonds is 5. The van der Waals surface area contributed by atoms with Crippen LogP contribution in [0.25, 0.3) is 0 Å². The van der Waals surface area contributed by atoms with Crippen LogP contribution in [-0.4, -0.2) is 13.6 Å². The molecule has 2 N–H and O–H groups in total. The number of hydrogen-bond donors (Lipinski definition) is 1. The Balaban J connectivity index is 2.14. The van der Waals surface area contributed by atoms with E-state index < -0.39 is 0 Å². The Kier molecular flexibility index (Phi) is 5.05. The second-order valence-electron chi connectivity index (χ2n) is 5.15. The first-order valence-corrected chi connectivity index (χ1v) is 7.23. The Morgan fingerprint density at radius 2 is 1.90 bits per heavy atom. The number of anilines is 1. The van der Waals surface area contributed by atoms with Crippen LogP contribution in [0.2, 0.25) is 5.02 Å². The third kappa shape index (κ3) is 3.75. The van der Waals surface area contributed by atoms with E-state index >= 15 is 0 Å². The summed E-state index contributed by atoms with van der Waals surface area (Å²) in [6.45, 7) is 3.68. The van der Waals surface area contributed by atoms with Crippen LogP contribution in [0, 0.1) is 6.92 Å². The SMILES string of the molecule is Cc1cc(CCN)ccc1N(C)Cc1cccc(Cl)c1. The van der Waals surface area contributed by atoms with Gasteiger partial charge in [0.05, 0.1) is 0 Å². The van der Waals surface area contributed by atoms with Crippen molar-refractivity contribution in [2.24, 2.45) is 5.73 Å². The van der Waals surface area contributed by atoms with E-state index in [-0.39, 0.29) is 0 Å². The van der Waals surface area contributed by atoms with E-state index in [4.69, 9.17) is 17.3 Å². The molecule has 0 aliphatic heterocycles. The molecule has 106 valence electrons. The van der Waals surface area contributed by atoms with Crippen molar-refractivity contribution in [1.29, 1.82) is 0 Å². The van der Waals surface area contributed by atoms with E-state index in [9.17, 15) is 0 Å². The first kappa shape index (κ1) is 14.9. The van der Waals surface area contributed by atoms with Gasteiger partial charge in [-0.2, -0.15) is 0 Å². The average Bonchev–Trinajstić information content (AvgIpc) is 2.39. The standard InChI is InChI=1S/C17H21ClN2/c1-13-10-14(8-9-19)6-7-17(13)20(2)12-15-4-3-5-16(18)11-15/h3-7,10-11H,8-9,12,19H2,1-2H3. The fraction of sp³-hybridized carbons (Fsp3) is 0.294. The zero-order valence-electron chi connectivity index (χ0n) is 12.1. The maximum Gasteiger partial charge on any atom is 0.0426 e. The summed E-state index contributed by atoms with van der Waals surface area (Å²) in [5.41, 5.74) is 10.6. The molecular weight excluding hydrogens is 268 g/mol. The topological polar surface area (TPSA) is 29.3 Å². The van der Waals surface area contributed by atoms with E-state index in [1.54, 1.807) is 0 Å². The lowest BCUT2D eigenvalue weighted by Gasteiger charge is -2.22. The van der Waals surface area contributed by atoms with Crippen LogP contribution in [0.3, 0.4) is 0 Å². The molecular formula is C17H21ClN2. The summed E-state index contributed by atoms with van der Waals surface area (Å²) >= 11 is 6.03. The van der Waals surface area contributed by atoms with Gasteiger partial charge in [-0.25, -0.2) is 0 Å². The first-order valence-electron chi connectivity index (χ1n) is 6.85. The molecule has 20 heavy (non-hydrogen) atoms. The Labute approximate surface area is 126 Å². The second kappa shape index (κ2) is 6.78. The van der Waals surface area contributed by atoms with E-state index in [0.717, 1.165) is 18.0 Å². The number of aryl methyl sites for hydroxylation is 1. The van der Waals surface area contributed by atoms with Crippen molar-refractivity contribution >= 4 is 17.3 Å². The minimum atomic E-state index is 0.692. The van der Waals surface area contributed by atoms with Gasteiger partial charge in [-0.3, -0.25) is 0 Å². The summed E-state index contributed by atoms with van der Waals surface area (Å²) in [6.07, 6.45) is 0.930. The Morgan fingerprint density at radius 3 is 2.55 bits per heavy atom. The molecule has 0 bridgehead atoms. The number of nitrogens with two attached hydrogens (primary N) is 1. The van der Waals surface area contributed by atoms with Crippen LogP contribution in [0.15, 0.2) is 42.5 Å². The lowest BCUT2D eigenvalue weighted by atomic mass is 10.1. The molecule has 0 saturated carbocycles. The molecule has 2 nitrogen and oxygen atoms in total. The third-order valence-corrected chi connectivity index (χ3v) is 3.65. The van der Waals surface area contributed by atoms with Crippen molar-refractivity contribution in [3.63, 3.8) is 0 Å². The molecule has 0 heterocycles. The van der Waals surface area contributed by atoms with Crippen molar-refractivity contribution < 1.29 is 0 Å². The van der Waals surface area contributed by atoms with Crippen molar-refractivity contribution in [3.8, 4) is 0 Å². The molecule has 0 amide bonds. The lowest BCUT2D eigenvalue weighted by Crippen LogP contribution is -2.17. The largest absolute Gasteiger partial charge is 0.370 e. The zero-order valence-corrected chi connectivity index (χ0v) is 12.8. The zero-order chi connectivity index (χ0) is 14.5. The highest BCUT2D eigenvalue weighted by Crippen LogP contribution is 2.22. The van der Waals surface area contributed by atoms with Gasteiger partial charge in [0.15, 0.2) is 0 Å². The monoisotopic (exact) mass is 288 g/mol. The fourth-order valence-electron chi connectivity index (χ4n) is 2.46. The van der Waals surface area contributed by atoms with E-state index in [2.05, 4.69) is 43.1 Å². The predicted molar refractivity (Wildman–Crippen MR) is 87.5 cm³/mol. The Morgan fingerprint density at radius 1 is 1.10 bits per heavy atom. The maximum atomic E-state index is 6.03. The van der Waals surface area contributed by atoms with Gasteiger partial charge in [-0.05, 0) is 54.8 Å². The highest BCUT2D eigenvalue weighted by atomic mass is 35.5. The van der Waals surface area contributed by atoms with Crippen LogP contribution in [0.5, 0.6) is 0 Å². The van der Waals surface area contributed by atoms with Crippen molar-refractivity contribution in [3.05, 3.63) is 64.2 Å². The van der Waals surface area contributed by atoms with Crippen LogP contribution < -0.4 is 10.6 Å². The van der Waals surface area contributed by atoms with Gasteiger partial charge < -0.3 is 10.6 Å². The van der Waals surface area contributed by atoms with Gasteiger partial charge in [0.2, 0.25) is 0 Å². The average molecular weight is 289 g/mol. The first-order chi connectivity index (χ1) is 9.60. The number of nitrogens with zero attached hydrogens (tertiary/aromatic N) is 1. The minimum absolute atomic E-state index is 0.692. The molecule has 2 rings (SSSR count). The van der Waals surface area contributed by atoms with E-state index in [1.807, 2.05) is 18.2 Å². The molecule has 0 unspecified atom stereocenters. The molecule has 0 aliphatic rings. The number of hydrogen-bond acceptors (Lipinski definition) is 2. The third-order valence-electron chi connectivity index (χ3n) is 3.41. The normalized spacial score (nSPS) is 10.6. The fourth-order valence-corrected chi connectivity index (χ4v) is 2.68. The molecule has 0 fully saturated rings. The maximum absolute atomic E-state index is 6.03. The molecule has 0 saturated heterocycles. The Bertz CT molecular complexity index is 581. The quantitative estimate of drug-likeness (QED) is 0.907. The molecule has 2 aromatic carbocycles. The lowest BCUT2D eigenvalue weighted by molar-refractivity contribution is 0.912. The number of halogens is 1. The van der Waals surface area contributed by atoms with Crippen LogP contribution >= 0.6 is 11.6 Å². The summed E-state index contributed by atoms with van der Waals surface area (Å²) in [4.78, 5) is 2.24. The van der Waals surface area contributed by atoms with E-state index in [1.165, 1.54) is 22.4 Å². The van der Waals surface area contributed by atoms with Gasteiger partial charge in [0.1, 0.15) is 0 Å². The van der Waals surface area contributed by atoms with Crippen LogP contribution in [-0.2, 0) is 13.0 Å². The van der Waals surface area contributed by atoms with E-state index in [0.29, 0.717) is 6.54 Å². The molecule has 0 radical (unpaired) electrons. The van der Waals surface area contributed by atoms with Gasteiger partial charge in [0, 0.05) is 24.3 Å². The summed E-state index contributed by atoms with van der Waals surface area (Å²) in [5, 5.41) is 0.783. The van der Waals surface area contributed by atoms with Crippen molar-refractivity contribution in [1.82, 2.24) is 0 Å². The molecule has 0 aliphatic carbocycles. The molecule has 0 aromatic heterocycles. The van der Waals surface area contributed by atoms with Crippen molar-refractivity contribution in [2.45, 2.75) is 19.9 Å². The Hall–Kier alpha value is -1.51. The summed E-state index contributed by atoms with van der Waals surface area (Å²) < 4.78 is 0. The highest BCUT2D eigenvalue weighted by molar-refractivity contribution is 6.30. The smallest absolute Gasteiger partial charge is 0.0426 e. The summed E-state index contributed by atoms with van der Waals surface area (Å²) in [7, 11) is 2.10. The van der Waals surface area contributed by atoms with Crippen LogP contribution in [0.4, 0.5) is 5.69 Å². The van der Waals surface area contributed by atoms with Gasteiger partial charge in [0.25, 0.3) is 0 Å². The molecule has 0 atom stereocenters. The van der Waals surface area contributed by atoms with Gasteiger partial charge in [-0.15, -0.1) is 0 Å². The second-order valence-corrected chi connectivity index (χ2v) is 5.58. The van der Waals surface area contributed by atoms with Gasteiger partial charge in [-0.1, -0.05) is 35.9 Å². The summed E-state index contributed by atoms with van der Waals surface area (Å²) in [5.74, 6) is 0. The summed E-state index contributed by atoms with van der Waals surface area (Å²) in [6, 6.07) is 14.5.